The highest BCUT2D eigenvalue weighted by Crippen LogP contribution is 2.16. The molecule has 1 aliphatic heterocycles. The minimum absolute atomic E-state index is 0.329. The number of carbonyl (C=O) groups is 2. The Bertz CT molecular complexity index is 607. The molecule has 5 heteroatoms. The van der Waals surface area contributed by atoms with Gasteiger partial charge in [0.05, 0.1) is 11.4 Å². The molecule has 0 aliphatic carbocycles. The second-order valence-corrected chi connectivity index (χ2v) is 4.06. The number of amides is 2. The molecule has 0 saturated heterocycles. The molecule has 2 aromatic carbocycles. The molecule has 0 aromatic heterocycles. The lowest BCUT2D eigenvalue weighted by atomic mass is 10.3. The van der Waals surface area contributed by atoms with Crippen molar-refractivity contribution in [3.63, 3.8) is 0 Å². The lowest BCUT2D eigenvalue weighted by molar-refractivity contribution is -0.123. The lowest BCUT2D eigenvalue weighted by Crippen LogP contribution is -2.19. The van der Waals surface area contributed by atoms with Crippen LogP contribution in [0.4, 0.5) is 11.4 Å². The Balaban J connectivity index is 0.000000194. The summed E-state index contributed by atoms with van der Waals surface area (Å²) in [5.41, 5.74) is 1.74. The van der Waals surface area contributed by atoms with Gasteiger partial charge in [-0.3, -0.25) is 14.9 Å². The number of benzene rings is 2. The number of nitrogens with one attached hydrogen (secondary N) is 1. The van der Waals surface area contributed by atoms with Gasteiger partial charge in [0.25, 0.3) is 11.8 Å². The van der Waals surface area contributed by atoms with Crippen LogP contribution in [0.5, 0.6) is 0 Å². The SMILES string of the molecule is O=C1C=CC(=O)N1.c1ccc(N=Nc2ccccc2)cc1. The minimum atomic E-state index is -0.329. The lowest BCUT2D eigenvalue weighted by Gasteiger charge is -1.91. The third-order valence-corrected chi connectivity index (χ3v) is 2.43. The first kappa shape index (κ1) is 14.3. The van der Waals surface area contributed by atoms with Gasteiger partial charge >= 0.3 is 0 Å². The van der Waals surface area contributed by atoms with E-state index in [0.29, 0.717) is 0 Å². The Morgan fingerprint density at radius 3 is 1.29 bits per heavy atom. The first-order valence-corrected chi connectivity index (χ1v) is 6.29. The monoisotopic (exact) mass is 279 g/mol. The molecule has 1 N–H and O–H groups in total. The maximum atomic E-state index is 10.0. The molecule has 0 unspecified atom stereocenters. The van der Waals surface area contributed by atoms with Crippen LogP contribution in [-0.4, -0.2) is 11.8 Å². The zero-order valence-electron chi connectivity index (χ0n) is 11.1. The Labute approximate surface area is 122 Å². The first-order valence-electron chi connectivity index (χ1n) is 6.29. The number of rotatable bonds is 2. The van der Waals surface area contributed by atoms with E-state index in [9.17, 15) is 9.59 Å². The van der Waals surface area contributed by atoms with Gasteiger partial charge < -0.3 is 0 Å². The van der Waals surface area contributed by atoms with Gasteiger partial charge in [-0.25, -0.2) is 0 Å². The van der Waals surface area contributed by atoms with Crippen molar-refractivity contribution in [2.24, 2.45) is 10.2 Å². The summed E-state index contributed by atoms with van der Waals surface area (Å²) in [7, 11) is 0. The molecule has 0 spiro atoms. The van der Waals surface area contributed by atoms with Crippen LogP contribution >= 0.6 is 0 Å². The highest BCUT2D eigenvalue weighted by molar-refractivity contribution is 6.12. The maximum Gasteiger partial charge on any atom is 0.250 e. The predicted octanol–water partition coefficient (Wildman–Crippen LogP) is 3.30. The highest BCUT2D eigenvalue weighted by Gasteiger charge is 2.06. The number of carbonyl (C=O) groups excluding carboxylic acids is 2. The van der Waals surface area contributed by atoms with Gasteiger partial charge in [0, 0.05) is 12.2 Å². The van der Waals surface area contributed by atoms with E-state index in [1.165, 1.54) is 12.2 Å². The van der Waals surface area contributed by atoms with Crippen LogP contribution in [0.15, 0.2) is 83.0 Å². The van der Waals surface area contributed by atoms with Gasteiger partial charge in [-0.15, -0.1) is 0 Å². The van der Waals surface area contributed by atoms with Gasteiger partial charge in [-0.1, -0.05) is 36.4 Å². The zero-order chi connectivity index (χ0) is 14.9. The number of imide groups is 1. The van der Waals surface area contributed by atoms with E-state index >= 15 is 0 Å². The molecule has 0 radical (unpaired) electrons. The molecule has 3 rings (SSSR count). The topological polar surface area (TPSA) is 70.9 Å². The fraction of sp³-hybridized carbons (Fsp3) is 0. The fourth-order valence-electron chi connectivity index (χ4n) is 1.46. The molecule has 0 bridgehead atoms. The summed E-state index contributed by atoms with van der Waals surface area (Å²) in [6.07, 6.45) is 2.39. The van der Waals surface area contributed by atoms with E-state index in [-0.39, 0.29) is 11.8 Å². The fourth-order valence-corrected chi connectivity index (χ4v) is 1.46. The van der Waals surface area contributed by atoms with Gasteiger partial charge in [-0.2, -0.15) is 10.2 Å². The maximum absolute atomic E-state index is 10.0. The molecule has 2 aromatic rings. The number of hydrogen-bond donors (Lipinski definition) is 1. The third kappa shape index (κ3) is 5.20. The second-order valence-electron chi connectivity index (χ2n) is 4.06. The quantitative estimate of drug-likeness (QED) is 0.676. The van der Waals surface area contributed by atoms with E-state index in [4.69, 9.17) is 0 Å². The average molecular weight is 279 g/mol. The molecule has 2 amide bonds. The summed E-state index contributed by atoms with van der Waals surface area (Å²) in [6.45, 7) is 0. The van der Waals surface area contributed by atoms with Crippen molar-refractivity contribution in [3.8, 4) is 0 Å². The Morgan fingerprint density at radius 2 is 1.00 bits per heavy atom. The van der Waals surface area contributed by atoms with E-state index < -0.39 is 0 Å². The summed E-state index contributed by atoms with van der Waals surface area (Å²) in [4.78, 5) is 20.1. The van der Waals surface area contributed by atoms with Gasteiger partial charge in [-0.05, 0) is 24.3 Å². The summed E-state index contributed by atoms with van der Waals surface area (Å²) in [5.74, 6) is -0.657. The van der Waals surface area contributed by atoms with Crippen LogP contribution in [-0.2, 0) is 9.59 Å². The van der Waals surface area contributed by atoms with Gasteiger partial charge in [0.2, 0.25) is 0 Å². The molecule has 0 fully saturated rings. The molecular weight excluding hydrogens is 266 g/mol. The van der Waals surface area contributed by atoms with Crippen LogP contribution in [0.1, 0.15) is 0 Å². The number of hydrogen-bond acceptors (Lipinski definition) is 4. The molecule has 21 heavy (non-hydrogen) atoms. The van der Waals surface area contributed by atoms with Crippen LogP contribution < -0.4 is 5.32 Å². The van der Waals surface area contributed by atoms with Crippen LogP contribution in [0, 0.1) is 0 Å². The molecule has 104 valence electrons. The van der Waals surface area contributed by atoms with E-state index in [1.807, 2.05) is 66.0 Å². The van der Waals surface area contributed by atoms with Crippen LogP contribution in [0.25, 0.3) is 0 Å². The number of azo groups is 1. The second kappa shape index (κ2) is 7.49. The smallest absolute Gasteiger partial charge is 0.250 e. The Kier molecular flexibility index (Phi) is 5.11. The predicted molar refractivity (Wildman–Crippen MR) is 79.3 cm³/mol. The summed E-state index contributed by atoms with van der Waals surface area (Å²) in [5, 5.41) is 10.2. The summed E-state index contributed by atoms with van der Waals surface area (Å²) < 4.78 is 0. The molecule has 5 nitrogen and oxygen atoms in total. The third-order valence-electron chi connectivity index (χ3n) is 2.43. The number of nitrogens with zero attached hydrogens (tertiary/aromatic N) is 2. The largest absolute Gasteiger partial charge is 0.289 e. The van der Waals surface area contributed by atoms with Crippen molar-refractivity contribution in [3.05, 3.63) is 72.8 Å². The molecule has 1 heterocycles. The Hall–Kier alpha value is -3.08. The van der Waals surface area contributed by atoms with Crippen LogP contribution in [0.2, 0.25) is 0 Å². The average Bonchev–Trinajstić information content (AvgIpc) is 2.91. The van der Waals surface area contributed by atoms with Gasteiger partial charge in [0.1, 0.15) is 0 Å². The van der Waals surface area contributed by atoms with Crippen LogP contribution in [0.3, 0.4) is 0 Å². The molecule has 1 aliphatic rings. The van der Waals surface area contributed by atoms with Crippen molar-refractivity contribution in [2.45, 2.75) is 0 Å². The summed E-state index contributed by atoms with van der Waals surface area (Å²) >= 11 is 0. The summed E-state index contributed by atoms with van der Waals surface area (Å²) in [6, 6.07) is 19.4. The minimum Gasteiger partial charge on any atom is -0.289 e. The molecular formula is C16H13N3O2. The van der Waals surface area contributed by atoms with Crippen molar-refractivity contribution < 1.29 is 9.59 Å². The normalized spacial score (nSPS) is 13.0. The Morgan fingerprint density at radius 1 is 0.619 bits per heavy atom. The van der Waals surface area contributed by atoms with E-state index in [0.717, 1.165) is 11.4 Å². The zero-order valence-corrected chi connectivity index (χ0v) is 11.1. The molecule has 0 atom stereocenters. The van der Waals surface area contributed by atoms with Crippen molar-refractivity contribution in [2.75, 3.05) is 0 Å². The van der Waals surface area contributed by atoms with E-state index in [2.05, 4.69) is 10.2 Å². The first-order chi connectivity index (χ1) is 10.2. The van der Waals surface area contributed by atoms with Crippen molar-refractivity contribution in [1.29, 1.82) is 0 Å². The standard InChI is InChI=1S/C12H10N2.C4H3NO2/c1-3-7-11(8-4-1)13-14-12-9-5-2-6-10-12;6-3-1-2-4(7)5-3/h1-10H;1-2H,(H,5,6,7). The van der Waals surface area contributed by atoms with Gasteiger partial charge in [0.15, 0.2) is 0 Å². The van der Waals surface area contributed by atoms with Crippen molar-refractivity contribution in [1.82, 2.24) is 5.32 Å². The van der Waals surface area contributed by atoms with E-state index in [1.54, 1.807) is 0 Å². The van der Waals surface area contributed by atoms with Crippen molar-refractivity contribution >= 4 is 23.2 Å². The highest BCUT2D eigenvalue weighted by atomic mass is 16.2. The molecule has 0 saturated carbocycles.